The molecule has 0 aliphatic rings. The summed E-state index contributed by atoms with van der Waals surface area (Å²) in [7, 11) is 0. The van der Waals surface area contributed by atoms with Gasteiger partial charge in [0.25, 0.3) is 0 Å². The first-order chi connectivity index (χ1) is 13.4. The van der Waals surface area contributed by atoms with Gasteiger partial charge in [0.2, 0.25) is 0 Å². The molecule has 1 aromatic heterocycles. The zero-order valence-electron chi connectivity index (χ0n) is 15.6. The molecule has 1 heterocycles. The number of alkyl halides is 3. The van der Waals surface area contributed by atoms with E-state index in [1.54, 1.807) is 12.1 Å². The maximum atomic E-state index is 12.3. The molecule has 0 saturated heterocycles. The molecule has 3 nitrogen and oxygen atoms in total. The zero-order valence-corrected chi connectivity index (χ0v) is 16.4. The molecule has 0 saturated carbocycles. The number of aryl methyl sites for hydroxylation is 1. The van der Waals surface area contributed by atoms with E-state index in [9.17, 15) is 13.2 Å². The molecule has 152 valence electrons. The van der Waals surface area contributed by atoms with Gasteiger partial charge in [0.15, 0.2) is 0 Å². The van der Waals surface area contributed by atoms with Crippen LogP contribution in [-0.2, 0) is 6.54 Å². The standard InChI is InChI=1S/C22H19F3N2O.ClH/c1-2-27-19-6-4-3-5-17(19)18-13-15(9-12-20(18)27)21(26)14-7-10-16(11-8-14)28-22(23,24)25;/h3-13,21H,2,26H2,1H3;1H/t21-;/m1./s1. The molecule has 0 radical (unpaired) electrons. The molecule has 29 heavy (non-hydrogen) atoms. The maximum absolute atomic E-state index is 12.3. The van der Waals surface area contributed by atoms with Gasteiger partial charge in [0.1, 0.15) is 5.75 Å². The summed E-state index contributed by atoms with van der Waals surface area (Å²) in [6.07, 6.45) is -4.71. The fraction of sp³-hybridized carbons (Fsp3) is 0.182. The number of para-hydroxylation sites is 1. The topological polar surface area (TPSA) is 40.2 Å². The fourth-order valence-electron chi connectivity index (χ4n) is 3.67. The van der Waals surface area contributed by atoms with Gasteiger partial charge in [-0.2, -0.15) is 0 Å². The lowest BCUT2D eigenvalue weighted by atomic mass is 9.98. The van der Waals surface area contributed by atoms with Gasteiger partial charge < -0.3 is 15.0 Å². The summed E-state index contributed by atoms with van der Waals surface area (Å²) < 4.78 is 43.1. The Hall–Kier alpha value is -2.70. The third kappa shape index (κ3) is 4.04. The van der Waals surface area contributed by atoms with Crippen molar-refractivity contribution in [2.24, 2.45) is 5.73 Å². The Morgan fingerprint density at radius 3 is 2.17 bits per heavy atom. The van der Waals surface area contributed by atoms with Crippen LogP contribution in [0.4, 0.5) is 13.2 Å². The van der Waals surface area contributed by atoms with Crippen LogP contribution in [0.2, 0.25) is 0 Å². The number of hydrogen-bond donors (Lipinski definition) is 1. The second kappa shape index (κ2) is 7.97. The van der Waals surface area contributed by atoms with Gasteiger partial charge >= 0.3 is 6.36 Å². The van der Waals surface area contributed by atoms with E-state index in [2.05, 4.69) is 40.5 Å². The van der Waals surface area contributed by atoms with Crippen LogP contribution < -0.4 is 10.5 Å². The number of fused-ring (bicyclic) bond motifs is 3. The number of hydrogen-bond acceptors (Lipinski definition) is 2. The van der Waals surface area contributed by atoms with E-state index in [0.717, 1.165) is 28.4 Å². The SMILES string of the molecule is CCn1c2ccccc2c2cc([C@H](N)c3ccc(OC(F)(F)F)cc3)ccc21.Cl. The van der Waals surface area contributed by atoms with Crippen LogP contribution in [0.25, 0.3) is 21.8 Å². The number of aromatic nitrogens is 1. The van der Waals surface area contributed by atoms with Crippen molar-refractivity contribution in [1.82, 2.24) is 4.57 Å². The summed E-state index contributed by atoms with van der Waals surface area (Å²) >= 11 is 0. The highest BCUT2D eigenvalue weighted by Crippen LogP contribution is 2.32. The molecule has 7 heteroatoms. The molecular formula is C22H20ClF3N2O. The normalized spacial score (nSPS) is 12.7. The van der Waals surface area contributed by atoms with Crippen LogP contribution >= 0.6 is 12.4 Å². The predicted molar refractivity (Wildman–Crippen MR) is 112 cm³/mol. The lowest BCUT2D eigenvalue weighted by Gasteiger charge is -2.15. The molecule has 0 spiro atoms. The summed E-state index contributed by atoms with van der Waals surface area (Å²) in [4.78, 5) is 0. The van der Waals surface area contributed by atoms with Gasteiger partial charge in [-0.05, 0) is 48.4 Å². The van der Waals surface area contributed by atoms with E-state index >= 15 is 0 Å². The number of ether oxygens (including phenoxy) is 1. The van der Waals surface area contributed by atoms with Crippen LogP contribution in [0.15, 0.2) is 66.7 Å². The molecule has 4 aromatic rings. The molecule has 0 fully saturated rings. The summed E-state index contributed by atoms with van der Waals surface area (Å²) in [5.41, 5.74) is 10.3. The Morgan fingerprint density at radius 2 is 1.52 bits per heavy atom. The van der Waals surface area contributed by atoms with Crippen molar-refractivity contribution in [3.63, 3.8) is 0 Å². The third-order valence-electron chi connectivity index (χ3n) is 4.94. The third-order valence-corrected chi connectivity index (χ3v) is 4.94. The summed E-state index contributed by atoms with van der Waals surface area (Å²) in [5, 5.41) is 2.27. The number of nitrogens with zero attached hydrogens (tertiary/aromatic N) is 1. The lowest BCUT2D eigenvalue weighted by Crippen LogP contribution is -2.17. The summed E-state index contributed by atoms with van der Waals surface area (Å²) in [6, 6.07) is 19.5. The Labute approximate surface area is 172 Å². The van der Waals surface area contributed by atoms with E-state index in [-0.39, 0.29) is 18.2 Å². The maximum Gasteiger partial charge on any atom is 0.573 e. The largest absolute Gasteiger partial charge is 0.573 e. The van der Waals surface area contributed by atoms with Crippen molar-refractivity contribution in [3.8, 4) is 5.75 Å². The minimum absolute atomic E-state index is 0. The minimum Gasteiger partial charge on any atom is -0.406 e. The van der Waals surface area contributed by atoms with Gasteiger partial charge in [-0.1, -0.05) is 36.4 Å². The molecule has 2 N–H and O–H groups in total. The molecule has 3 aromatic carbocycles. The van der Waals surface area contributed by atoms with E-state index < -0.39 is 12.4 Å². The highest BCUT2D eigenvalue weighted by atomic mass is 35.5. The van der Waals surface area contributed by atoms with Crippen LogP contribution in [0.5, 0.6) is 5.75 Å². The number of benzene rings is 3. The second-order valence-corrected chi connectivity index (χ2v) is 6.63. The van der Waals surface area contributed by atoms with Gasteiger partial charge in [-0.3, -0.25) is 0 Å². The summed E-state index contributed by atoms with van der Waals surface area (Å²) in [5.74, 6) is -0.259. The van der Waals surface area contributed by atoms with Crippen molar-refractivity contribution in [2.75, 3.05) is 0 Å². The number of halogens is 4. The van der Waals surface area contributed by atoms with Gasteiger partial charge in [-0.15, -0.1) is 25.6 Å². The highest BCUT2D eigenvalue weighted by molar-refractivity contribution is 6.08. The van der Waals surface area contributed by atoms with Crippen LogP contribution in [-0.4, -0.2) is 10.9 Å². The molecule has 0 aliphatic heterocycles. The average molecular weight is 421 g/mol. The highest BCUT2D eigenvalue weighted by Gasteiger charge is 2.31. The molecule has 4 rings (SSSR count). The van der Waals surface area contributed by atoms with Crippen LogP contribution in [0.1, 0.15) is 24.1 Å². The van der Waals surface area contributed by atoms with Gasteiger partial charge in [0.05, 0.1) is 6.04 Å². The van der Waals surface area contributed by atoms with Crippen LogP contribution in [0.3, 0.4) is 0 Å². The van der Waals surface area contributed by atoms with Crippen molar-refractivity contribution >= 4 is 34.2 Å². The monoisotopic (exact) mass is 420 g/mol. The Bertz CT molecular complexity index is 1140. The van der Waals surface area contributed by atoms with Crippen molar-refractivity contribution in [1.29, 1.82) is 0 Å². The average Bonchev–Trinajstić information content (AvgIpc) is 3.00. The second-order valence-electron chi connectivity index (χ2n) is 6.63. The molecule has 0 unspecified atom stereocenters. The Balaban J connectivity index is 0.00000240. The Morgan fingerprint density at radius 1 is 0.897 bits per heavy atom. The lowest BCUT2D eigenvalue weighted by molar-refractivity contribution is -0.274. The Kier molecular flexibility index (Phi) is 5.78. The molecule has 0 aliphatic carbocycles. The number of nitrogens with two attached hydrogens (primary N) is 1. The number of rotatable bonds is 4. The van der Waals surface area contributed by atoms with E-state index in [1.807, 2.05) is 18.2 Å². The first-order valence-electron chi connectivity index (χ1n) is 8.99. The van der Waals surface area contributed by atoms with Crippen molar-refractivity contribution in [3.05, 3.63) is 77.9 Å². The molecule has 0 amide bonds. The van der Waals surface area contributed by atoms with Gasteiger partial charge in [0, 0.05) is 28.4 Å². The summed E-state index contributed by atoms with van der Waals surface area (Å²) in [6.45, 7) is 2.96. The van der Waals surface area contributed by atoms with Gasteiger partial charge in [-0.25, -0.2) is 0 Å². The molecule has 0 bridgehead atoms. The quantitative estimate of drug-likeness (QED) is 0.428. The predicted octanol–water partition coefficient (Wildman–Crippen LogP) is 6.18. The van der Waals surface area contributed by atoms with E-state index in [4.69, 9.17) is 5.73 Å². The zero-order chi connectivity index (χ0) is 19.9. The fourth-order valence-corrected chi connectivity index (χ4v) is 3.67. The molecule has 1 atom stereocenters. The smallest absolute Gasteiger partial charge is 0.406 e. The van der Waals surface area contributed by atoms with E-state index in [1.165, 1.54) is 17.6 Å². The minimum atomic E-state index is -4.71. The van der Waals surface area contributed by atoms with E-state index in [0.29, 0.717) is 5.56 Å². The first-order valence-corrected chi connectivity index (χ1v) is 8.99. The molecular weight excluding hydrogens is 401 g/mol. The van der Waals surface area contributed by atoms with Crippen molar-refractivity contribution < 1.29 is 17.9 Å². The van der Waals surface area contributed by atoms with Crippen molar-refractivity contribution in [2.45, 2.75) is 25.9 Å². The first kappa shape index (κ1) is 21.0. The van der Waals surface area contributed by atoms with Crippen LogP contribution in [0, 0.1) is 0 Å².